The lowest BCUT2D eigenvalue weighted by atomic mass is 9.96. The van der Waals surface area contributed by atoms with Gasteiger partial charge in [0.1, 0.15) is 11.5 Å². The molecule has 0 heterocycles. The fraction of sp³-hybridized carbons (Fsp3) is 0.333. The fourth-order valence-corrected chi connectivity index (χ4v) is 2.60. The number of ketones is 1. The molecule has 0 unspecified atom stereocenters. The molecule has 0 spiro atoms. The summed E-state index contributed by atoms with van der Waals surface area (Å²) in [6.07, 6.45) is 0. The molecule has 0 saturated carbocycles. The van der Waals surface area contributed by atoms with Crippen molar-refractivity contribution >= 4 is 11.7 Å². The Morgan fingerprint density at radius 2 is 1.54 bits per heavy atom. The van der Waals surface area contributed by atoms with E-state index in [4.69, 9.17) is 9.47 Å². The summed E-state index contributed by atoms with van der Waals surface area (Å²) >= 11 is 0. The van der Waals surface area contributed by atoms with Gasteiger partial charge in [0, 0.05) is 5.56 Å². The minimum absolute atomic E-state index is 0.00596. The number of methoxy groups -OCH3 is 1. The van der Waals surface area contributed by atoms with Crippen LogP contribution >= 0.6 is 0 Å². The lowest BCUT2D eigenvalue weighted by molar-refractivity contribution is -0.124. The van der Waals surface area contributed by atoms with Crippen LogP contribution in [0.5, 0.6) is 11.5 Å². The summed E-state index contributed by atoms with van der Waals surface area (Å²) in [5.74, 6) is 1.35. The first-order valence-electron chi connectivity index (χ1n) is 8.58. The average molecular weight is 355 g/mol. The van der Waals surface area contributed by atoms with Crippen LogP contribution < -0.4 is 14.8 Å². The molecule has 0 aliphatic heterocycles. The van der Waals surface area contributed by atoms with Gasteiger partial charge in [-0.2, -0.15) is 0 Å². The van der Waals surface area contributed by atoms with E-state index in [9.17, 15) is 9.59 Å². The van der Waals surface area contributed by atoms with Crippen molar-refractivity contribution < 1.29 is 19.1 Å². The molecule has 5 nitrogen and oxygen atoms in total. The maximum Gasteiger partial charge on any atom is 0.258 e. The Morgan fingerprint density at radius 3 is 2.04 bits per heavy atom. The first-order valence-corrected chi connectivity index (χ1v) is 8.58. The van der Waals surface area contributed by atoms with E-state index in [1.165, 1.54) is 6.92 Å². The Labute approximate surface area is 154 Å². The van der Waals surface area contributed by atoms with Crippen molar-refractivity contribution in [2.45, 2.75) is 26.8 Å². The first-order chi connectivity index (χ1) is 12.4. The summed E-state index contributed by atoms with van der Waals surface area (Å²) in [6, 6.07) is 14.3. The molecular formula is C21H25NO4. The smallest absolute Gasteiger partial charge is 0.258 e. The molecule has 0 fully saturated rings. The molecular weight excluding hydrogens is 330 g/mol. The number of hydrogen-bond acceptors (Lipinski definition) is 4. The van der Waals surface area contributed by atoms with Crippen molar-refractivity contribution in [2.75, 3.05) is 13.7 Å². The van der Waals surface area contributed by atoms with Crippen molar-refractivity contribution in [1.29, 1.82) is 0 Å². The van der Waals surface area contributed by atoms with Crippen LogP contribution in [0.25, 0.3) is 0 Å². The summed E-state index contributed by atoms with van der Waals surface area (Å²) in [4.78, 5) is 23.6. The molecule has 1 atom stereocenters. The van der Waals surface area contributed by atoms with Crippen LogP contribution in [0.4, 0.5) is 0 Å². The third-order valence-corrected chi connectivity index (χ3v) is 4.09. The standard InChI is InChI=1S/C21H25NO4/c1-14(2)21(17-7-9-18(25-4)10-8-17)22-20(24)13-26-19-11-5-16(6-12-19)15(3)23/h5-12,14,21H,13H2,1-4H3,(H,22,24)/t21-/m1/s1. The second-order valence-electron chi connectivity index (χ2n) is 6.43. The number of benzene rings is 2. The van der Waals surface area contributed by atoms with Crippen LogP contribution in [-0.4, -0.2) is 25.4 Å². The van der Waals surface area contributed by atoms with E-state index in [0.717, 1.165) is 11.3 Å². The van der Waals surface area contributed by atoms with E-state index in [1.807, 2.05) is 24.3 Å². The summed E-state index contributed by atoms with van der Waals surface area (Å²) < 4.78 is 10.7. The maximum atomic E-state index is 12.3. The molecule has 5 heteroatoms. The topological polar surface area (TPSA) is 64.6 Å². The third-order valence-electron chi connectivity index (χ3n) is 4.09. The quantitative estimate of drug-likeness (QED) is 0.732. The summed E-state index contributed by atoms with van der Waals surface area (Å²) in [7, 11) is 1.62. The molecule has 2 aromatic rings. The zero-order valence-electron chi connectivity index (χ0n) is 15.6. The zero-order chi connectivity index (χ0) is 19.1. The molecule has 0 aliphatic rings. The van der Waals surface area contributed by atoms with Gasteiger partial charge in [0.15, 0.2) is 12.4 Å². The number of carbonyl (C=O) groups excluding carboxylic acids is 2. The SMILES string of the molecule is COc1ccc([C@H](NC(=O)COc2ccc(C(C)=O)cc2)C(C)C)cc1. The minimum Gasteiger partial charge on any atom is -0.497 e. The van der Waals surface area contributed by atoms with Gasteiger partial charge >= 0.3 is 0 Å². The Kier molecular flexibility index (Phi) is 6.78. The highest BCUT2D eigenvalue weighted by Crippen LogP contribution is 2.24. The Morgan fingerprint density at radius 1 is 0.962 bits per heavy atom. The fourth-order valence-electron chi connectivity index (χ4n) is 2.60. The van der Waals surface area contributed by atoms with Gasteiger partial charge in [0.05, 0.1) is 13.2 Å². The molecule has 1 amide bonds. The lowest BCUT2D eigenvalue weighted by Crippen LogP contribution is -2.35. The van der Waals surface area contributed by atoms with E-state index < -0.39 is 0 Å². The summed E-state index contributed by atoms with van der Waals surface area (Å²) in [5, 5.41) is 3.01. The molecule has 0 saturated heterocycles. The van der Waals surface area contributed by atoms with E-state index in [-0.39, 0.29) is 30.3 Å². The normalized spacial score (nSPS) is 11.7. The van der Waals surface area contributed by atoms with E-state index >= 15 is 0 Å². The zero-order valence-corrected chi connectivity index (χ0v) is 15.6. The highest BCUT2D eigenvalue weighted by atomic mass is 16.5. The highest BCUT2D eigenvalue weighted by Gasteiger charge is 2.18. The Bertz CT molecular complexity index is 736. The molecule has 1 N–H and O–H groups in total. The molecule has 138 valence electrons. The van der Waals surface area contributed by atoms with E-state index in [0.29, 0.717) is 11.3 Å². The average Bonchev–Trinajstić information content (AvgIpc) is 2.64. The van der Waals surface area contributed by atoms with Gasteiger partial charge in [-0.1, -0.05) is 26.0 Å². The van der Waals surface area contributed by atoms with Gasteiger partial charge in [0.25, 0.3) is 5.91 Å². The van der Waals surface area contributed by atoms with Gasteiger partial charge in [-0.15, -0.1) is 0 Å². The second kappa shape index (κ2) is 9.04. The van der Waals surface area contributed by atoms with Crippen molar-refractivity contribution in [1.82, 2.24) is 5.32 Å². The number of hydrogen-bond donors (Lipinski definition) is 1. The van der Waals surface area contributed by atoms with Gasteiger partial charge in [-0.05, 0) is 54.8 Å². The van der Waals surface area contributed by atoms with Crippen molar-refractivity contribution in [2.24, 2.45) is 5.92 Å². The number of Topliss-reactive ketones (excluding diaryl/α,β-unsaturated/α-hetero) is 1. The maximum absolute atomic E-state index is 12.3. The van der Waals surface area contributed by atoms with Crippen molar-refractivity contribution in [3.8, 4) is 11.5 Å². The Hall–Kier alpha value is -2.82. The van der Waals surface area contributed by atoms with Crippen molar-refractivity contribution in [3.63, 3.8) is 0 Å². The molecule has 2 rings (SSSR count). The number of carbonyl (C=O) groups is 2. The number of ether oxygens (including phenoxy) is 2. The molecule has 0 radical (unpaired) electrons. The van der Waals surface area contributed by atoms with Crippen LogP contribution in [-0.2, 0) is 4.79 Å². The monoisotopic (exact) mass is 355 g/mol. The lowest BCUT2D eigenvalue weighted by Gasteiger charge is -2.23. The minimum atomic E-state index is -0.199. The van der Waals surface area contributed by atoms with Crippen LogP contribution in [0, 0.1) is 5.92 Å². The number of amides is 1. The van der Waals surface area contributed by atoms with Crippen LogP contribution in [0.15, 0.2) is 48.5 Å². The van der Waals surface area contributed by atoms with E-state index in [2.05, 4.69) is 19.2 Å². The van der Waals surface area contributed by atoms with E-state index in [1.54, 1.807) is 31.4 Å². The van der Waals surface area contributed by atoms with Crippen LogP contribution in [0.2, 0.25) is 0 Å². The molecule has 2 aromatic carbocycles. The largest absolute Gasteiger partial charge is 0.497 e. The van der Waals surface area contributed by atoms with Crippen molar-refractivity contribution in [3.05, 3.63) is 59.7 Å². The summed E-state index contributed by atoms with van der Waals surface area (Å²) in [6.45, 7) is 5.53. The molecule has 0 aromatic heterocycles. The van der Waals surface area contributed by atoms with Gasteiger partial charge in [-0.25, -0.2) is 0 Å². The Balaban J connectivity index is 1.95. The number of nitrogens with one attached hydrogen (secondary N) is 1. The second-order valence-corrected chi connectivity index (χ2v) is 6.43. The van der Waals surface area contributed by atoms with Crippen LogP contribution in [0.3, 0.4) is 0 Å². The third kappa shape index (κ3) is 5.34. The van der Waals surface area contributed by atoms with Gasteiger partial charge in [0.2, 0.25) is 0 Å². The first kappa shape index (κ1) is 19.5. The predicted octanol–water partition coefficient (Wildman–Crippen LogP) is 3.79. The highest BCUT2D eigenvalue weighted by molar-refractivity contribution is 5.94. The van der Waals surface area contributed by atoms with Gasteiger partial charge < -0.3 is 14.8 Å². The predicted molar refractivity (Wildman–Crippen MR) is 101 cm³/mol. The molecule has 0 aliphatic carbocycles. The summed E-state index contributed by atoms with van der Waals surface area (Å²) in [5.41, 5.74) is 1.63. The van der Waals surface area contributed by atoms with Crippen LogP contribution in [0.1, 0.15) is 42.7 Å². The molecule has 26 heavy (non-hydrogen) atoms. The molecule has 0 bridgehead atoms. The number of rotatable bonds is 8. The van der Waals surface area contributed by atoms with Gasteiger partial charge in [-0.3, -0.25) is 9.59 Å².